The monoisotopic (exact) mass is 218 g/mol. The van der Waals surface area contributed by atoms with Crippen molar-refractivity contribution in [3.8, 4) is 0 Å². The van der Waals surface area contributed by atoms with E-state index < -0.39 is 0 Å². The molecule has 0 spiro atoms. The van der Waals surface area contributed by atoms with Crippen LogP contribution in [0.25, 0.3) is 0 Å². The van der Waals surface area contributed by atoms with Gasteiger partial charge in [0.25, 0.3) is 0 Å². The van der Waals surface area contributed by atoms with Crippen LogP contribution in [0.4, 0.5) is 5.69 Å². The molecule has 0 aromatic heterocycles. The molecule has 1 aromatic rings. The molecule has 1 heterocycles. The van der Waals surface area contributed by atoms with Crippen LogP contribution in [0.5, 0.6) is 0 Å². The summed E-state index contributed by atoms with van der Waals surface area (Å²) in [5, 5.41) is 0. The lowest BCUT2D eigenvalue weighted by atomic mass is 10.2. The lowest BCUT2D eigenvalue weighted by molar-refractivity contribution is 0.112. The molecule has 0 bridgehead atoms. The lowest BCUT2D eigenvalue weighted by Gasteiger charge is -2.35. The standard InChI is InChI=1S/C13H18N2O/c1-2-14-7-9-15(10-8-14)13-5-3-12(11-16)4-6-13/h3-6,11H,2,7-10H2,1H3. The number of nitrogens with zero attached hydrogens (tertiary/aromatic N) is 2. The van der Waals surface area contributed by atoms with Crippen LogP contribution in [0.3, 0.4) is 0 Å². The summed E-state index contributed by atoms with van der Waals surface area (Å²) in [6.45, 7) is 7.76. The molecule has 16 heavy (non-hydrogen) atoms. The van der Waals surface area contributed by atoms with Gasteiger partial charge in [-0.1, -0.05) is 6.92 Å². The van der Waals surface area contributed by atoms with Gasteiger partial charge in [0, 0.05) is 37.4 Å². The maximum atomic E-state index is 10.6. The van der Waals surface area contributed by atoms with Crippen molar-refractivity contribution in [3.63, 3.8) is 0 Å². The molecule has 2 rings (SSSR count). The number of aldehydes is 1. The Bertz CT molecular complexity index is 339. The van der Waals surface area contributed by atoms with E-state index in [1.807, 2.05) is 24.3 Å². The van der Waals surface area contributed by atoms with Crippen molar-refractivity contribution in [2.75, 3.05) is 37.6 Å². The predicted octanol–water partition coefficient (Wildman–Crippen LogP) is 1.64. The van der Waals surface area contributed by atoms with Crippen LogP contribution in [-0.4, -0.2) is 43.9 Å². The second-order valence-electron chi connectivity index (χ2n) is 4.13. The zero-order valence-electron chi connectivity index (χ0n) is 9.72. The third-order valence-corrected chi connectivity index (χ3v) is 3.21. The molecule has 0 saturated carbocycles. The molecule has 1 saturated heterocycles. The molecule has 1 aromatic carbocycles. The van der Waals surface area contributed by atoms with Crippen molar-refractivity contribution < 1.29 is 4.79 Å². The SMILES string of the molecule is CCN1CCN(c2ccc(C=O)cc2)CC1. The maximum absolute atomic E-state index is 10.6. The van der Waals surface area contributed by atoms with Gasteiger partial charge >= 0.3 is 0 Å². The molecule has 0 N–H and O–H groups in total. The van der Waals surface area contributed by atoms with Crippen molar-refractivity contribution in [1.29, 1.82) is 0 Å². The fourth-order valence-corrected chi connectivity index (χ4v) is 2.09. The van der Waals surface area contributed by atoms with Gasteiger partial charge in [-0.15, -0.1) is 0 Å². The number of hydrogen-bond acceptors (Lipinski definition) is 3. The fraction of sp³-hybridized carbons (Fsp3) is 0.462. The van der Waals surface area contributed by atoms with Gasteiger partial charge in [0.05, 0.1) is 0 Å². The first-order valence-electron chi connectivity index (χ1n) is 5.86. The Morgan fingerprint density at radius 3 is 2.25 bits per heavy atom. The average Bonchev–Trinajstić information content (AvgIpc) is 2.39. The molecule has 86 valence electrons. The molecule has 1 aliphatic heterocycles. The molecule has 0 amide bonds. The first kappa shape index (κ1) is 11.1. The molecule has 0 unspecified atom stereocenters. The van der Waals surface area contributed by atoms with Gasteiger partial charge in [0.2, 0.25) is 0 Å². The Hall–Kier alpha value is -1.35. The van der Waals surface area contributed by atoms with E-state index in [1.165, 1.54) is 5.69 Å². The van der Waals surface area contributed by atoms with E-state index in [0.29, 0.717) is 0 Å². The number of piperazine rings is 1. The number of benzene rings is 1. The van der Waals surface area contributed by atoms with E-state index in [9.17, 15) is 4.79 Å². The van der Waals surface area contributed by atoms with Gasteiger partial charge in [-0.2, -0.15) is 0 Å². The molecule has 0 aliphatic carbocycles. The number of carbonyl (C=O) groups excluding carboxylic acids is 1. The minimum Gasteiger partial charge on any atom is -0.369 e. The highest BCUT2D eigenvalue weighted by Gasteiger charge is 2.15. The predicted molar refractivity (Wildman–Crippen MR) is 66.2 cm³/mol. The number of carbonyl (C=O) groups is 1. The van der Waals surface area contributed by atoms with Crippen LogP contribution < -0.4 is 4.90 Å². The fourth-order valence-electron chi connectivity index (χ4n) is 2.09. The first-order valence-corrected chi connectivity index (χ1v) is 5.86. The van der Waals surface area contributed by atoms with Crippen LogP contribution >= 0.6 is 0 Å². The minimum atomic E-state index is 0.746. The van der Waals surface area contributed by atoms with Crippen LogP contribution in [-0.2, 0) is 0 Å². The van der Waals surface area contributed by atoms with Gasteiger partial charge in [-0.3, -0.25) is 4.79 Å². The number of rotatable bonds is 3. The van der Waals surface area contributed by atoms with Gasteiger partial charge in [-0.25, -0.2) is 0 Å². The molecule has 3 nitrogen and oxygen atoms in total. The average molecular weight is 218 g/mol. The van der Waals surface area contributed by atoms with Gasteiger partial charge in [-0.05, 0) is 30.8 Å². The van der Waals surface area contributed by atoms with Crippen molar-refractivity contribution in [3.05, 3.63) is 29.8 Å². The summed E-state index contributed by atoms with van der Waals surface area (Å²) in [6.07, 6.45) is 0.888. The van der Waals surface area contributed by atoms with Gasteiger partial charge in [0.1, 0.15) is 6.29 Å². The first-order chi connectivity index (χ1) is 7.83. The molecule has 0 radical (unpaired) electrons. The summed E-state index contributed by atoms with van der Waals surface area (Å²) < 4.78 is 0. The summed E-state index contributed by atoms with van der Waals surface area (Å²) in [5.41, 5.74) is 1.97. The zero-order chi connectivity index (χ0) is 11.4. The summed E-state index contributed by atoms with van der Waals surface area (Å²) in [6, 6.07) is 7.83. The largest absolute Gasteiger partial charge is 0.369 e. The van der Waals surface area contributed by atoms with Crippen molar-refractivity contribution >= 4 is 12.0 Å². The molecular formula is C13H18N2O. The molecule has 3 heteroatoms. The van der Waals surface area contributed by atoms with Crippen molar-refractivity contribution in [2.45, 2.75) is 6.92 Å². The third-order valence-electron chi connectivity index (χ3n) is 3.21. The van der Waals surface area contributed by atoms with Crippen LogP contribution in [0.2, 0.25) is 0 Å². The topological polar surface area (TPSA) is 23.6 Å². The van der Waals surface area contributed by atoms with E-state index in [0.717, 1.165) is 44.6 Å². The lowest BCUT2D eigenvalue weighted by Crippen LogP contribution is -2.46. The molecule has 1 fully saturated rings. The number of hydrogen-bond donors (Lipinski definition) is 0. The minimum absolute atomic E-state index is 0.746. The van der Waals surface area contributed by atoms with E-state index >= 15 is 0 Å². The Kier molecular flexibility index (Phi) is 3.57. The van der Waals surface area contributed by atoms with E-state index in [1.54, 1.807) is 0 Å². The Balaban J connectivity index is 1.99. The highest BCUT2D eigenvalue weighted by molar-refractivity contribution is 5.75. The van der Waals surface area contributed by atoms with E-state index in [-0.39, 0.29) is 0 Å². The van der Waals surface area contributed by atoms with Crippen molar-refractivity contribution in [1.82, 2.24) is 4.90 Å². The normalized spacial score (nSPS) is 17.4. The molecule has 1 aliphatic rings. The highest BCUT2D eigenvalue weighted by atomic mass is 16.1. The molecular weight excluding hydrogens is 200 g/mol. The van der Waals surface area contributed by atoms with Crippen LogP contribution in [0.1, 0.15) is 17.3 Å². The summed E-state index contributed by atoms with van der Waals surface area (Å²) >= 11 is 0. The highest BCUT2D eigenvalue weighted by Crippen LogP contribution is 2.16. The Morgan fingerprint density at radius 2 is 1.75 bits per heavy atom. The second-order valence-corrected chi connectivity index (χ2v) is 4.13. The quantitative estimate of drug-likeness (QED) is 0.721. The smallest absolute Gasteiger partial charge is 0.150 e. The zero-order valence-corrected chi connectivity index (χ0v) is 9.72. The van der Waals surface area contributed by atoms with Crippen LogP contribution in [0.15, 0.2) is 24.3 Å². The maximum Gasteiger partial charge on any atom is 0.150 e. The van der Waals surface area contributed by atoms with Gasteiger partial charge < -0.3 is 9.80 Å². The van der Waals surface area contributed by atoms with E-state index in [2.05, 4.69) is 16.7 Å². The summed E-state index contributed by atoms with van der Waals surface area (Å²) in [4.78, 5) is 15.4. The summed E-state index contributed by atoms with van der Waals surface area (Å²) in [7, 11) is 0. The molecule has 0 atom stereocenters. The number of anilines is 1. The number of likely N-dealkylation sites (N-methyl/N-ethyl adjacent to an activating group) is 1. The Labute approximate surface area is 96.7 Å². The van der Waals surface area contributed by atoms with Crippen LogP contribution in [0, 0.1) is 0 Å². The third kappa shape index (κ3) is 2.42. The summed E-state index contributed by atoms with van der Waals surface area (Å²) in [5.74, 6) is 0. The van der Waals surface area contributed by atoms with Gasteiger partial charge in [0.15, 0.2) is 0 Å². The Morgan fingerprint density at radius 1 is 1.12 bits per heavy atom. The van der Waals surface area contributed by atoms with Crippen molar-refractivity contribution in [2.24, 2.45) is 0 Å². The second kappa shape index (κ2) is 5.12. The van der Waals surface area contributed by atoms with E-state index in [4.69, 9.17) is 0 Å².